The van der Waals surface area contributed by atoms with Crippen LogP contribution in [0, 0.1) is 0 Å². The molecule has 2 rings (SSSR count). The second-order valence-electron chi connectivity index (χ2n) is 8.55. The van der Waals surface area contributed by atoms with Gasteiger partial charge in [-0.3, -0.25) is 9.59 Å². The van der Waals surface area contributed by atoms with E-state index in [1.807, 2.05) is 24.3 Å². The van der Waals surface area contributed by atoms with E-state index in [2.05, 4.69) is 57.5 Å². The van der Waals surface area contributed by atoms with Gasteiger partial charge >= 0.3 is 0 Å². The van der Waals surface area contributed by atoms with Crippen LogP contribution < -0.4 is 4.43 Å². The molecule has 0 aliphatic carbocycles. The summed E-state index contributed by atoms with van der Waals surface area (Å²) in [4.78, 5) is 22.8. The number of rotatable bonds is 8. The summed E-state index contributed by atoms with van der Waals surface area (Å²) in [6, 6.07) is 14.1. The van der Waals surface area contributed by atoms with Crippen molar-refractivity contribution in [2.24, 2.45) is 0 Å². The first-order valence-corrected chi connectivity index (χ1v) is 13.9. The van der Waals surface area contributed by atoms with Crippen molar-refractivity contribution in [2.75, 3.05) is 5.33 Å². The van der Waals surface area contributed by atoms with Gasteiger partial charge in [-0.2, -0.15) is 0 Å². The largest absolute Gasteiger partial charge is 0.542 e. The van der Waals surface area contributed by atoms with E-state index in [1.54, 1.807) is 18.2 Å². The molecule has 0 amide bonds. The predicted octanol–water partition coefficient (Wildman–Crippen LogP) is 7.41. The van der Waals surface area contributed by atoms with Gasteiger partial charge in [0.05, 0.1) is 16.5 Å². The van der Waals surface area contributed by atoms with E-state index in [9.17, 15) is 9.59 Å². The second kappa shape index (κ2) is 12.2. The molecule has 0 bridgehead atoms. The minimum atomic E-state index is -2.03. The van der Waals surface area contributed by atoms with Crippen LogP contribution in [-0.4, -0.2) is 30.3 Å². The summed E-state index contributed by atoms with van der Waals surface area (Å²) < 4.78 is 6.64. The number of aromatic hydroxyl groups is 1. The Bertz CT molecular complexity index is 856. The highest BCUT2D eigenvalue weighted by atomic mass is 79.9. The molecule has 0 saturated heterocycles. The number of para-hydroxylation sites is 2. The molecule has 0 aliphatic rings. The summed E-state index contributed by atoms with van der Waals surface area (Å²) in [5, 5.41) is 9.39. The van der Waals surface area contributed by atoms with Crippen molar-refractivity contribution in [1.29, 1.82) is 0 Å². The first-order valence-electron chi connectivity index (χ1n) is 10.6. The van der Waals surface area contributed by atoms with Crippen LogP contribution in [-0.2, 0) is 0 Å². The molecule has 0 heterocycles. The van der Waals surface area contributed by atoms with Gasteiger partial charge in [0.25, 0.3) is 8.32 Å². The highest BCUT2D eigenvalue weighted by molar-refractivity contribution is 9.09. The van der Waals surface area contributed by atoms with Crippen LogP contribution in [0.3, 0.4) is 0 Å². The Morgan fingerprint density at radius 3 is 1.71 bits per heavy atom. The minimum absolute atomic E-state index is 0.0509. The molecule has 0 aliphatic heterocycles. The smallest absolute Gasteiger partial charge is 0.258 e. The number of ketones is 2. The van der Waals surface area contributed by atoms with Crippen molar-refractivity contribution >= 4 is 35.8 Å². The van der Waals surface area contributed by atoms with E-state index >= 15 is 0 Å². The maximum Gasteiger partial charge on any atom is 0.258 e. The van der Waals surface area contributed by atoms with Gasteiger partial charge in [-0.15, -0.1) is 0 Å². The summed E-state index contributed by atoms with van der Waals surface area (Å²) >= 11 is 3.26. The molecule has 0 fully saturated rings. The molecule has 0 spiro atoms. The molecule has 1 N–H and O–H groups in total. The molecule has 0 unspecified atom stereocenters. The first-order chi connectivity index (χ1) is 14.5. The lowest BCUT2D eigenvalue weighted by Crippen LogP contribution is -2.51. The molecular weight excluding hydrogens is 472 g/mol. The standard InChI is InChI=1S/C17H27BrO2Si.C8H8O2/c1-12(2)21(13(3)4,14(5)6)20-17-10-8-7-9-15(17)16(19)11-18;1-6(9)7-4-2-3-5-8(7)10/h7-10,12-14H,11H2,1-6H3;2-5,10H,1H3. The number of carbonyl (C=O) groups is 2. The van der Waals surface area contributed by atoms with Gasteiger partial charge in [-0.05, 0) is 47.8 Å². The van der Waals surface area contributed by atoms with E-state index in [0.717, 1.165) is 5.75 Å². The highest BCUT2D eigenvalue weighted by Crippen LogP contribution is 2.43. The number of Topliss-reactive ketones (excluding diaryl/α,β-unsaturated/α-hetero) is 2. The molecule has 0 saturated carbocycles. The normalized spacial score (nSPS) is 11.3. The fourth-order valence-corrected chi connectivity index (χ4v) is 9.74. The second-order valence-corrected chi connectivity index (χ2v) is 14.5. The van der Waals surface area contributed by atoms with Crippen LogP contribution in [0.2, 0.25) is 16.6 Å². The molecule has 0 atom stereocenters. The summed E-state index contributed by atoms with van der Waals surface area (Å²) in [5.74, 6) is 0.766. The zero-order chi connectivity index (χ0) is 23.8. The first kappa shape index (κ1) is 27.1. The van der Waals surface area contributed by atoms with Crippen molar-refractivity contribution in [3.8, 4) is 11.5 Å². The molecular formula is C25H35BrO4Si. The molecule has 170 valence electrons. The topological polar surface area (TPSA) is 63.6 Å². The van der Waals surface area contributed by atoms with Gasteiger partial charge in [0.2, 0.25) is 0 Å². The SMILES string of the molecule is CC(=O)c1ccccc1O.CC(C)[Si](Oc1ccccc1C(=O)CBr)(C(C)C)C(C)C. The van der Waals surface area contributed by atoms with Crippen LogP contribution in [0.1, 0.15) is 69.2 Å². The Morgan fingerprint density at radius 1 is 0.871 bits per heavy atom. The Morgan fingerprint density at radius 2 is 1.32 bits per heavy atom. The van der Waals surface area contributed by atoms with Crippen LogP contribution in [0.25, 0.3) is 0 Å². The van der Waals surface area contributed by atoms with E-state index < -0.39 is 8.32 Å². The van der Waals surface area contributed by atoms with Gasteiger partial charge in [0.1, 0.15) is 11.5 Å². The van der Waals surface area contributed by atoms with Gasteiger partial charge in [0, 0.05) is 0 Å². The van der Waals surface area contributed by atoms with Crippen LogP contribution in [0.15, 0.2) is 48.5 Å². The number of carbonyl (C=O) groups excluding carboxylic acids is 2. The maximum absolute atomic E-state index is 12.1. The summed E-state index contributed by atoms with van der Waals surface area (Å²) in [6.07, 6.45) is 0. The fraction of sp³-hybridized carbons (Fsp3) is 0.440. The molecule has 0 radical (unpaired) electrons. The van der Waals surface area contributed by atoms with E-state index in [0.29, 0.717) is 33.1 Å². The number of alkyl halides is 1. The zero-order valence-electron chi connectivity index (χ0n) is 19.6. The number of phenols is 1. The van der Waals surface area contributed by atoms with Crippen molar-refractivity contribution in [2.45, 2.75) is 65.1 Å². The third kappa shape index (κ3) is 6.78. The van der Waals surface area contributed by atoms with Gasteiger partial charge in [-0.1, -0.05) is 81.7 Å². The number of halogens is 1. The fourth-order valence-electron chi connectivity index (χ4n) is 4.17. The van der Waals surface area contributed by atoms with Crippen molar-refractivity contribution in [3.05, 3.63) is 59.7 Å². The minimum Gasteiger partial charge on any atom is -0.542 e. The Balaban J connectivity index is 0.000000399. The van der Waals surface area contributed by atoms with Gasteiger partial charge < -0.3 is 9.53 Å². The molecule has 2 aromatic rings. The average Bonchev–Trinajstić information content (AvgIpc) is 2.71. The highest BCUT2D eigenvalue weighted by Gasteiger charge is 2.47. The molecule has 31 heavy (non-hydrogen) atoms. The Hall–Kier alpha value is -1.92. The van der Waals surface area contributed by atoms with Gasteiger partial charge in [0.15, 0.2) is 11.6 Å². The summed E-state index contributed by atoms with van der Waals surface area (Å²) in [5.41, 5.74) is 2.54. The number of benzene rings is 2. The van der Waals surface area contributed by atoms with E-state index in [1.165, 1.54) is 13.0 Å². The van der Waals surface area contributed by atoms with E-state index in [4.69, 9.17) is 9.53 Å². The number of phenolic OH excluding ortho intramolecular Hbond substituents is 1. The maximum atomic E-state index is 12.1. The molecule has 2 aromatic carbocycles. The number of hydrogen-bond acceptors (Lipinski definition) is 4. The lowest BCUT2D eigenvalue weighted by atomic mass is 10.1. The number of hydrogen-bond donors (Lipinski definition) is 1. The zero-order valence-corrected chi connectivity index (χ0v) is 22.2. The summed E-state index contributed by atoms with van der Waals surface area (Å²) in [6.45, 7) is 14.9. The predicted molar refractivity (Wildman–Crippen MR) is 134 cm³/mol. The van der Waals surface area contributed by atoms with Crippen molar-refractivity contribution in [3.63, 3.8) is 0 Å². The summed E-state index contributed by atoms with van der Waals surface area (Å²) in [7, 11) is -2.03. The Kier molecular flexibility index (Phi) is 10.7. The Labute approximate surface area is 196 Å². The van der Waals surface area contributed by atoms with Crippen LogP contribution >= 0.6 is 15.9 Å². The van der Waals surface area contributed by atoms with Crippen molar-refractivity contribution in [1.82, 2.24) is 0 Å². The molecule has 0 aromatic heterocycles. The average molecular weight is 508 g/mol. The van der Waals surface area contributed by atoms with Gasteiger partial charge in [-0.25, -0.2) is 0 Å². The monoisotopic (exact) mass is 506 g/mol. The van der Waals surface area contributed by atoms with Crippen LogP contribution in [0.4, 0.5) is 0 Å². The van der Waals surface area contributed by atoms with E-state index in [-0.39, 0.29) is 17.3 Å². The lowest BCUT2D eigenvalue weighted by molar-refractivity contribution is 0.100. The molecule has 4 nitrogen and oxygen atoms in total. The third-order valence-corrected chi connectivity index (χ3v) is 12.1. The molecule has 6 heteroatoms. The van der Waals surface area contributed by atoms with Crippen LogP contribution in [0.5, 0.6) is 11.5 Å². The third-order valence-electron chi connectivity index (χ3n) is 5.59. The quantitative estimate of drug-likeness (QED) is 0.230. The lowest BCUT2D eigenvalue weighted by Gasteiger charge is -2.42. The van der Waals surface area contributed by atoms with Crippen molar-refractivity contribution < 1.29 is 19.1 Å².